The molecule has 10 heteroatoms. The molecule has 0 bridgehead atoms. The maximum Gasteiger partial charge on any atom is 0.409 e. The van der Waals surface area contributed by atoms with Crippen LogP contribution in [0.5, 0.6) is 0 Å². The average Bonchev–Trinajstić information content (AvgIpc) is 2.72. The summed E-state index contributed by atoms with van der Waals surface area (Å²) < 4.78 is 7.24. The number of piperidine rings is 1. The van der Waals surface area contributed by atoms with E-state index in [2.05, 4.69) is 5.32 Å². The van der Waals surface area contributed by atoms with Crippen LogP contribution in [0.2, 0.25) is 5.02 Å². The summed E-state index contributed by atoms with van der Waals surface area (Å²) in [5.41, 5.74) is -1.10. The number of hydrogen-bond acceptors (Lipinski definition) is 5. The lowest BCUT2D eigenvalue weighted by molar-refractivity contribution is -0.122. The molecule has 1 aromatic carbocycles. The molecule has 9 nitrogen and oxygen atoms in total. The Labute approximate surface area is 177 Å². The summed E-state index contributed by atoms with van der Waals surface area (Å²) in [6.07, 6.45) is 3.66. The van der Waals surface area contributed by atoms with Gasteiger partial charge in [0, 0.05) is 36.5 Å². The Hall–Kier alpha value is -3.07. The second-order valence-corrected chi connectivity index (χ2v) is 7.35. The van der Waals surface area contributed by atoms with Crippen molar-refractivity contribution in [3.63, 3.8) is 0 Å². The normalized spacial score (nSPS) is 14.4. The molecule has 3 rings (SSSR count). The van der Waals surface area contributed by atoms with Crippen molar-refractivity contribution < 1.29 is 14.3 Å². The van der Waals surface area contributed by atoms with Gasteiger partial charge in [-0.1, -0.05) is 17.7 Å². The number of benzene rings is 1. The molecule has 30 heavy (non-hydrogen) atoms. The van der Waals surface area contributed by atoms with Crippen LogP contribution in [0, 0.1) is 0 Å². The predicted octanol–water partition coefficient (Wildman–Crippen LogP) is 1.39. The van der Waals surface area contributed by atoms with Gasteiger partial charge in [-0.3, -0.25) is 23.5 Å². The highest BCUT2D eigenvalue weighted by Crippen LogP contribution is 2.13. The zero-order valence-electron chi connectivity index (χ0n) is 16.5. The number of ether oxygens (including phenoxy) is 1. The molecule has 1 N–H and O–H groups in total. The summed E-state index contributed by atoms with van der Waals surface area (Å²) in [4.78, 5) is 50.5. The van der Waals surface area contributed by atoms with Crippen molar-refractivity contribution in [1.82, 2.24) is 19.4 Å². The van der Waals surface area contributed by atoms with Crippen LogP contribution < -0.4 is 16.4 Å². The summed E-state index contributed by atoms with van der Waals surface area (Å²) in [6.45, 7) is 2.78. The number of carbonyl (C=O) groups is 2. The first kappa shape index (κ1) is 21.6. The largest absolute Gasteiger partial charge is 0.450 e. The maximum absolute atomic E-state index is 12.4. The molecule has 1 aliphatic rings. The molecule has 1 aromatic heterocycles. The van der Waals surface area contributed by atoms with Gasteiger partial charge in [-0.15, -0.1) is 0 Å². The fraction of sp³-hybridized carbons (Fsp3) is 0.400. The highest BCUT2D eigenvalue weighted by Gasteiger charge is 2.24. The molecule has 0 aliphatic carbocycles. The summed E-state index contributed by atoms with van der Waals surface area (Å²) >= 11 is 5.94. The van der Waals surface area contributed by atoms with Crippen LogP contribution in [-0.2, 0) is 16.1 Å². The molecule has 0 radical (unpaired) electrons. The second-order valence-electron chi connectivity index (χ2n) is 6.91. The smallest absolute Gasteiger partial charge is 0.409 e. The lowest BCUT2D eigenvalue weighted by atomic mass is 10.1. The molecule has 0 atom stereocenters. The van der Waals surface area contributed by atoms with Crippen molar-refractivity contribution in [2.45, 2.75) is 32.4 Å². The van der Waals surface area contributed by atoms with Crippen molar-refractivity contribution in [1.29, 1.82) is 0 Å². The van der Waals surface area contributed by atoms with Gasteiger partial charge in [0.15, 0.2) is 0 Å². The minimum absolute atomic E-state index is 0.106. The Bertz CT molecular complexity index is 1040. The number of hydrogen-bond donors (Lipinski definition) is 1. The number of amides is 2. The number of carbonyl (C=O) groups excluding carboxylic acids is 2. The van der Waals surface area contributed by atoms with E-state index in [9.17, 15) is 19.2 Å². The third kappa shape index (κ3) is 5.10. The van der Waals surface area contributed by atoms with Crippen LogP contribution in [0.25, 0.3) is 5.69 Å². The summed E-state index contributed by atoms with van der Waals surface area (Å²) in [5, 5.41) is 3.30. The molecular formula is C20H23ClN4O5. The Kier molecular flexibility index (Phi) is 6.94. The second kappa shape index (κ2) is 9.62. The Morgan fingerprint density at radius 3 is 2.57 bits per heavy atom. The van der Waals surface area contributed by atoms with Gasteiger partial charge in [0.1, 0.15) is 6.54 Å². The van der Waals surface area contributed by atoms with Crippen molar-refractivity contribution in [3.05, 3.63) is 62.4 Å². The maximum atomic E-state index is 12.4. The molecule has 0 unspecified atom stereocenters. The highest BCUT2D eigenvalue weighted by molar-refractivity contribution is 6.30. The molecule has 0 saturated carbocycles. The zero-order valence-corrected chi connectivity index (χ0v) is 17.3. The topological polar surface area (TPSA) is 103 Å². The number of rotatable bonds is 5. The van der Waals surface area contributed by atoms with E-state index >= 15 is 0 Å². The fourth-order valence-electron chi connectivity index (χ4n) is 3.31. The summed E-state index contributed by atoms with van der Waals surface area (Å²) in [6, 6.07) is 6.47. The van der Waals surface area contributed by atoms with Crippen molar-refractivity contribution in [2.75, 3.05) is 19.7 Å². The van der Waals surface area contributed by atoms with E-state index in [1.807, 2.05) is 0 Å². The molecular weight excluding hydrogens is 412 g/mol. The van der Waals surface area contributed by atoms with Gasteiger partial charge < -0.3 is 15.0 Å². The van der Waals surface area contributed by atoms with E-state index < -0.39 is 11.1 Å². The average molecular weight is 435 g/mol. The highest BCUT2D eigenvalue weighted by atomic mass is 35.5. The number of likely N-dealkylation sites (tertiary alicyclic amines) is 1. The molecule has 1 aliphatic heterocycles. The Balaban J connectivity index is 1.61. The monoisotopic (exact) mass is 434 g/mol. The Morgan fingerprint density at radius 1 is 1.17 bits per heavy atom. The summed E-state index contributed by atoms with van der Waals surface area (Å²) in [7, 11) is 0. The number of halogens is 1. The van der Waals surface area contributed by atoms with Crippen LogP contribution >= 0.6 is 11.6 Å². The first-order chi connectivity index (χ1) is 14.4. The SMILES string of the molecule is CCOC(=O)N1CCC(NC(=O)Cn2ccn(-c3cccc(Cl)c3)c(=O)c2=O)CC1. The molecule has 2 aromatic rings. The minimum Gasteiger partial charge on any atom is -0.450 e. The third-order valence-corrected chi connectivity index (χ3v) is 5.08. The third-order valence-electron chi connectivity index (χ3n) is 4.84. The molecule has 1 saturated heterocycles. The van der Waals surface area contributed by atoms with Gasteiger partial charge in [0.25, 0.3) is 0 Å². The fourth-order valence-corrected chi connectivity index (χ4v) is 3.50. The lowest BCUT2D eigenvalue weighted by Crippen LogP contribution is -2.48. The van der Waals surface area contributed by atoms with E-state index in [0.717, 1.165) is 4.57 Å². The number of nitrogens with one attached hydrogen (secondary N) is 1. The molecule has 0 spiro atoms. The van der Waals surface area contributed by atoms with E-state index in [-0.39, 0.29) is 24.6 Å². The summed E-state index contributed by atoms with van der Waals surface area (Å²) in [5.74, 6) is -0.369. The van der Waals surface area contributed by atoms with Crippen LogP contribution in [0.4, 0.5) is 4.79 Å². The number of aromatic nitrogens is 2. The van der Waals surface area contributed by atoms with E-state index in [1.165, 1.54) is 17.0 Å². The first-order valence-electron chi connectivity index (χ1n) is 9.68. The van der Waals surface area contributed by atoms with Gasteiger partial charge in [-0.05, 0) is 38.0 Å². The quantitative estimate of drug-likeness (QED) is 0.716. The van der Waals surface area contributed by atoms with Gasteiger partial charge >= 0.3 is 17.2 Å². The van der Waals surface area contributed by atoms with E-state index in [1.54, 1.807) is 36.1 Å². The van der Waals surface area contributed by atoms with Crippen molar-refractivity contribution in [2.24, 2.45) is 0 Å². The molecule has 2 heterocycles. The molecule has 160 valence electrons. The van der Waals surface area contributed by atoms with Crippen molar-refractivity contribution in [3.8, 4) is 5.69 Å². The molecule has 1 fully saturated rings. The van der Waals surface area contributed by atoms with Gasteiger partial charge in [-0.2, -0.15) is 0 Å². The van der Waals surface area contributed by atoms with Crippen LogP contribution in [-0.4, -0.2) is 51.8 Å². The van der Waals surface area contributed by atoms with E-state index in [4.69, 9.17) is 16.3 Å². The van der Waals surface area contributed by atoms with Gasteiger partial charge in [-0.25, -0.2) is 4.79 Å². The number of nitrogens with zero attached hydrogens (tertiary/aromatic N) is 3. The van der Waals surface area contributed by atoms with Crippen LogP contribution in [0.1, 0.15) is 19.8 Å². The van der Waals surface area contributed by atoms with Gasteiger partial charge in [0.05, 0.1) is 12.3 Å². The van der Waals surface area contributed by atoms with E-state index in [0.29, 0.717) is 43.2 Å². The van der Waals surface area contributed by atoms with Crippen LogP contribution in [0.3, 0.4) is 0 Å². The zero-order chi connectivity index (χ0) is 21.7. The Morgan fingerprint density at radius 2 is 1.90 bits per heavy atom. The van der Waals surface area contributed by atoms with Gasteiger partial charge in [0.2, 0.25) is 5.91 Å². The minimum atomic E-state index is -0.801. The predicted molar refractivity (Wildman–Crippen MR) is 111 cm³/mol. The standard InChI is InChI=1S/C20H23ClN4O5/c1-2-30-20(29)23-8-6-15(7-9-23)22-17(26)13-24-10-11-25(19(28)18(24)27)16-5-3-4-14(21)12-16/h3-5,10-12,15H,2,6-9,13H2,1H3,(H,22,26). The first-order valence-corrected chi connectivity index (χ1v) is 10.1. The van der Waals surface area contributed by atoms with Crippen molar-refractivity contribution >= 4 is 23.6 Å². The van der Waals surface area contributed by atoms with Crippen LogP contribution in [0.15, 0.2) is 46.2 Å². The molecule has 2 amide bonds. The lowest BCUT2D eigenvalue weighted by Gasteiger charge is -2.31.